The normalized spacial score (nSPS) is 11.8. The molecule has 0 N–H and O–H groups in total. The molecule has 8 aromatic carbocycles. The van der Waals surface area contributed by atoms with Gasteiger partial charge in [-0.05, 0) is 59.7 Å². The van der Waals surface area contributed by atoms with Crippen LogP contribution in [0.5, 0.6) is 0 Å². The van der Waals surface area contributed by atoms with Crippen LogP contribution in [0, 0.1) is 0 Å². The third-order valence-electron chi connectivity index (χ3n) is 11.9. The molecule has 0 amide bonds. The first-order valence-corrected chi connectivity index (χ1v) is 22.5. The van der Waals surface area contributed by atoms with Crippen molar-refractivity contribution in [3.05, 3.63) is 194 Å². The third-order valence-corrected chi connectivity index (χ3v) is 14.2. The minimum atomic E-state index is 0.562. The average molecular weight is 841 g/mol. The fraction of sp³-hybridized carbons (Fsp3) is 0. The molecule has 0 unspecified atom stereocenters. The highest BCUT2D eigenvalue weighted by molar-refractivity contribution is 7.26. The van der Waals surface area contributed by atoms with Crippen molar-refractivity contribution in [3.8, 4) is 62.5 Å². The van der Waals surface area contributed by atoms with Gasteiger partial charge in [0.1, 0.15) is 0 Å². The number of hydrogen-bond donors (Lipinski definition) is 0. The highest BCUT2D eigenvalue weighted by Crippen LogP contribution is 2.44. The predicted molar refractivity (Wildman–Crippen MR) is 263 cm³/mol. The summed E-state index contributed by atoms with van der Waals surface area (Å²) in [4.78, 5) is 26.5. The molecule has 0 radical (unpaired) electrons. The summed E-state index contributed by atoms with van der Waals surface area (Å²) in [5, 5.41) is 5.64. The first-order valence-electron chi connectivity index (χ1n) is 20.8. The Labute approximate surface area is 369 Å². The number of aromatic nitrogens is 6. The predicted octanol–water partition coefficient (Wildman–Crippen LogP) is 14.8. The van der Waals surface area contributed by atoms with Crippen molar-refractivity contribution >= 4 is 85.0 Å². The van der Waals surface area contributed by atoms with Crippen molar-refractivity contribution in [2.45, 2.75) is 0 Å². The molecule has 63 heavy (non-hydrogen) atoms. The standard InChI is InChI=1S/C55H32N6S2/c1-4-15-33(16-5-1)36-27-29-44-41(31-36)38-21-10-12-24-43(38)61(44)55-59-52(35-19-8-3-9-20-35)58-53(60-55)37-28-30-46-42(32-37)48-40(23-14-26-47(48)62-46)54-56-49(34-17-6-2-7-18-34)51-50(57-54)39-22-11-13-25-45(39)63-51/h1-32H. The minimum Gasteiger partial charge on any atom is -0.278 e. The van der Waals surface area contributed by atoms with E-state index >= 15 is 0 Å². The second kappa shape index (κ2) is 14.3. The van der Waals surface area contributed by atoms with Crippen LogP contribution in [0.4, 0.5) is 0 Å². The number of rotatable bonds is 6. The van der Waals surface area contributed by atoms with Gasteiger partial charge in [0.15, 0.2) is 17.5 Å². The van der Waals surface area contributed by atoms with Gasteiger partial charge >= 0.3 is 0 Å². The molecular weight excluding hydrogens is 809 g/mol. The highest BCUT2D eigenvalue weighted by atomic mass is 32.1. The Morgan fingerprint density at radius 2 is 0.968 bits per heavy atom. The second-order valence-electron chi connectivity index (χ2n) is 15.6. The Morgan fingerprint density at radius 3 is 1.78 bits per heavy atom. The molecule has 0 spiro atoms. The fourth-order valence-electron chi connectivity index (χ4n) is 8.96. The molecule has 6 nitrogen and oxygen atoms in total. The van der Waals surface area contributed by atoms with Gasteiger partial charge in [-0.25, -0.2) is 15.0 Å². The van der Waals surface area contributed by atoms with E-state index < -0.39 is 0 Å². The van der Waals surface area contributed by atoms with Crippen LogP contribution < -0.4 is 0 Å². The van der Waals surface area contributed by atoms with Gasteiger partial charge in [-0.15, -0.1) is 22.7 Å². The highest BCUT2D eigenvalue weighted by Gasteiger charge is 2.22. The van der Waals surface area contributed by atoms with Crippen LogP contribution >= 0.6 is 22.7 Å². The van der Waals surface area contributed by atoms with Crippen LogP contribution in [0.2, 0.25) is 0 Å². The summed E-state index contributed by atoms with van der Waals surface area (Å²) >= 11 is 3.53. The third kappa shape index (κ3) is 5.87. The maximum Gasteiger partial charge on any atom is 0.238 e. The van der Waals surface area contributed by atoms with Crippen LogP contribution in [-0.4, -0.2) is 29.5 Å². The van der Waals surface area contributed by atoms with Crippen molar-refractivity contribution < 1.29 is 0 Å². The number of benzene rings is 8. The van der Waals surface area contributed by atoms with E-state index in [2.05, 4.69) is 174 Å². The Morgan fingerprint density at radius 1 is 0.349 bits per heavy atom. The molecule has 5 heterocycles. The molecule has 5 aromatic heterocycles. The van der Waals surface area contributed by atoms with E-state index in [4.69, 9.17) is 24.9 Å². The topological polar surface area (TPSA) is 69.4 Å². The molecule has 0 saturated carbocycles. The van der Waals surface area contributed by atoms with Crippen LogP contribution in [0.25, 0.3) is 125 Å². The summed E-state index contributed by atoms with van der Waals surface area (Å²) in [6.07, 6.45) is 0. The summed E-state index contributed by atoms with van der Waals surface area (Å²) in [5.74, 6) is 2.47. The van der Waals surface area contributed by atoms with Gasteiger partial charge in [0.2, 0.25) is 5.95 Å². The molecule has 0 atom stereocenters. The van der Waals surface area contributed by atoms with Crippen molar-refractivity contribution in [1.82, 2.24) is 29.5 Å². The molecular formula is C55H32N6S2. The Balaban J connectivity index is 1.03. The molecule has 0 aliphatic heterocycles. The van der Waals surface area contributed by atoms with E-state index in [0.717, 1.165) is 81.7 Å². The monoisotopic (exact) mass is 840 g/mol. The van der Waals surface area contributed by atoms with E-state index in [9.17, 15) is 0 Å². The lowest BCUT2D eigenvalue weighted by molar-refractivity contribution is 0.954. The molecule has 0 aliphatic carbocycles. The first kappa shape index (κ1) is 35.8. The van der Waals surface area contributed by atoms with Gasteiger partial charge < -0.3 is 0 Å². The van der Waals surface area contributed by atoms with Gasteiger partial charge in [0, 0.05) is 63.3 Å². The fourth-order valence-corrected chi connectivity index (χ4v) is 11.2. The molecule has 13 aromatic rings. The van der Waals surface area contributed by atoms with Gasteiger partial charge in [-0.2, -0.15) is 9.97 Å². The number of nitrogens with zero attached hydrogens (tertiary/aromatic N) is 6. The smallest absolute Gasteiger partial charge is 0.238 e. The summed E-state index contributed by atoms with van der Waals surface area (Å²) in [5.41, 5.74) is 10.2. The number of hydrogen-bond acceptors (Lipinski definition) is 7. The van der Waals surface area contributed by atoms with Crippen LogP contribution in [0.3, 0.4) is 0 Å². The van der Waals surface area contributed by atoms with Crippen molar-refractivity contribution in [3.63, 3.8) is 0 Å². The summed E-state index contributed by atoms with van der Waals surface area (Å²) in [7, 11) is 0. The lowest BCUT2D eigenvalue weighted by Crippen LogP contribution is -2.06. The summed E-state index contributed by atoms with van der Waals surface area (Å²) in [6, 6.07) is 67.9. The van der Waals surface area contributed by atoms with E-state index in [0.29, 0.717) is 23.4 Å². The van der Waals surface area contributed by atoms with Crippen LogP contribution in [0.15, 0.2) is 194 Å². The SMILES string of the molecule is c1ccc(-c2ccc3c(c2)c2ccccc2n3-c2nc(-c3ccccc3)nc(-c3ccc4sc5cccc(-c6nc(-c7ccccc7)c7sc8ccccc8c7n6)c5c4c3)n2)cc1. The Bertz CT molecular complexity index is 3910. The van der Waals surface area contributed by atoms with Crippen molar-refractivity contribution in [2.75, 3.05) is 0 Å². The quantitative estimate of drug-likeness (QED) is 0.167. The summed E-state index contributed by atoms with van der Waals surface area (Å²) < 4.78 is 6.81. The number of thiophene rings is 2. The number of para-hydroxylation sites is 1. The largest absolute Gasteiger partial charge is 0.278 e. The van der Waals surface area contributed by atoms with E-state index in [1.165, 1.54) is 19.7 Å². The van der Waals surface area contributed by atoms with E-state index in [-0.39, 0.29) is 0 Å². The second-order valence-corrected chi connectivity index (χ2v) is 17.8. The zero-order chi connectivity index (χ0) is 41.4. The van der Waals surface area contributed by atoms with Gasteiger partial charge in [-0.3, -0.25) is 4.57 Å². The molecule has 0 saturated heterocycles. The van der Waals surface area contributed by atoms with Gasteiger partial charge in [0.25, 0.3) is 0 Å². The molecule has 13 rings (SSSR count). The Hall–Kier alpha value is -7.91. The lowest BCUT2D eigenvalue weighted by Gasteiger charge is -2.11. The molecule has 8 heteroatoms. The van der Waals surface area contributed by atoms with Crippen molar-refractivity contribution in [1.29, 1.82) is 0 Å². The zero-order valence-corrected chi connectivity index (χ0v) is 35.1. The van der Waals surface area contributed by atoms with Crippen molar-refractivity contribution in [2.24, 2.45) is 0 Å². The molecule has 294 valence electrons. The maximum atomic E-state index is 5.38. The molecule has 0 aliphatic rings. The van der Waals surface area contributed by atoms with E-state index in [1.807, 2.05) is 24.3 Å². The van der Waals surface area contributed by atoms with E-state index in [1.54, 1.807) is 22.7 Å². The van der Waals surface area contributed by atoms with Gasteiger partial charge in [-0.1, -0.05) is 146 Å². The zero-order valence-electron chi connectivity index (χ0n) is 33.5. The summed E-state index contributed by atoms with van der Waals surface area (Å²) in [6.45, 7) is 0. The first-order chi connectivity index (χ1) is 31.2. The molecule has 0 bridgehead atoms. The minimum absolute atomic E-state index is 0.562. The van der Waals surface area contributed by atoms with Crippen LogP contribution in [-0.2, 0) is 0 Å². The maximum absolute atomic E-state index is 5.38. The average Bonchev–Trinajstić information content (AvgIpc) is 4.03. The number of fused-ring (bicyclic) bond motifs is 9. The van der Waals surface area contributed by atoms with Gasteiger partial charge in [0.05, 0.1) is 26.9 Å². The Kier molecular flexibility index (Phi) is 8.15. The molecule has 0 fully saturated rings. The lowest BCUT2D eigenvalue weighted by atomic mass is 10.0. The van der Waals surface area contributed by atoms with Crippen LogP contribution in [0.1, 0.15) is 0 Å².